The summed E-state index contributed by atoms with van der Waals surface area (Å²) < 4.78 is 7.61. The van der Waals surface area contributed by atoms with E-state index in [1.165, 1.54) is 17.0 Å². The molecule has 0 bridgehead atoms. The Kier molecular flexibility index (Phi) is 6.09. The van der Waals surface area contributed by atoms with Crippen LogP contribution in [0.15, 0.2) is 54.7 Å². The van der Waals surface area contributed by atoms with Gasteiger partial charge in [-0.05, 0) is 74.1 Å². The fourth-order valence-electron chi connectivity index (χ4n) is 4.20. The third-order valence-electron chi connectivity index (χ3n) is 5.65. The van der Waals surface area contributed by atoms with Crippen LogP contribution in [0.5, 0.6) is 0 Å². The quantitative estimate of drug-likeness (QED) is 0.548. The van der Waals surface area contributed by atoms with Crippen molar-refractivity contribution in [2.24, 2.45) is 0 Å². The van der Waals surface area contributed by atoms with Crippen LogP contribution in [0, 0.1) is 13.8 Å². The summed E-state index contributed by atoms with van der Waals surface area (Å²) in [6.45, 7) is 5.78. The third kappa shape index (κ3) is 3.83. The normalized spacial score (nSPS) is 18.7. The number of hydrogen-bond donors (Lipinski definition) is 1. The summed E-state index contributed by atoms with van der Waals surface area (Å²) >= 11 is 11.9. The van der Waals surface area contributed by atoms with E-state index < -0.39 is 0 Å². The zero-order valence-corrected chi connectivity index (χ0v) is 18.9. The number of hydrogen-bond acceptors (Lipinski definition) is 3. The summed E-state index contributed by atoms with van der Waals surface area (Å²) in [5, 5.41) is 4.89. The van der Waals surface area contributed by atoms with Gasteiger partial charge in [0.2, 0.25) is 0 Å². The molecule has 1 aliphatic rings. The lowest BCUT2D eigenvalue weighted by Crippen LogP contribution is -2.29. The number of methoxy groups -OCH3 is 1. The minimum atomic E-state index is -0.0641. The molecule has 30 heavy (non-hydrogen) atoms. The molecule has 5 nitrogen and oxygen atoms in total. The zero-order chi connectivity index (χ0) is 21.3. The molecule has 0 amide bonds. The lowest BCUT2D eigenvalue weighted by atomic mass is 9.96. The predicted molar refractivity (Wildman–Crippen MR) is 125 cm³/mol. The number of aromatic nitrogens is 2. The van der Waals surface area contributed by atoms with E-state index in [0.29, 0.717) is 16.7 Å². The molecule has 0 unspecified atom stereocenters. The van der Waals surface area contributed by atoms with Gasteiger partial charge in [-0.15, -0.1) is 0 Å². The number of halogens is 1. The van der Waals surface area contributed by atoms with Crippen LogP contribution in [0.1, 0.15) is 34.7 Å². The molecule has 0 saturated carbocycles. The van der Waals surface area contributed by atoms with E-state index in [2.05, 4.69) is 39.7 Å². The Morgan fingerprint density at radius 2 is 1.93 bits per heavy atom. The van der Waals surface area contributed by atoms with Crippen LogP contribution in [0.2, 0.25) is 5.02 Å². The second kappa shape index (κ2) is 8.76. The summed E-state index contributed by atoms with van der Waals surface area (Å²) in [6.07, 6.45) is 1.82. The smallest absolute Gasteiger partial charge is 0.174 e. The molecule has 2 atom stereocenters. The van der Waals surface area contributed by atoms with Crippen LogP contribution in [0.4, 0.5) is 5.69 Å². The van der Waals surface area contributed by atoms with Crippen molar-refractivity contribution < 1.29 is 4.74 Å². The van der Waals surface area contributed by atoms with Crippen LogP contribution in [-0.4, -0.2) is 28.4 Å². The number of thiocarbonyl (C=S) groups is 1. The summed E-state index contributed by atoms with van der Waals surface area (Å²) in [5.41, 5.74) is 5.60. The highest BCUT2D eigenvalue weighted by Crippen LogP contribution is 2.43. The molecule has 1 aromatic carbocycles. The predicted octanol–water partition coefficient (Wildman–Crippen LogP) is 4.98. The molecule has 3 heterocycles. The maximum Gasteiger partial charge on any atom is 0.174 e. The molecule has 156 valence electrons. The Balaban J connectivity index is 1.83. The van der Waals surface area contributed by atoms with Gasteiger partial charge in [-0.1, -0.05) is 17.7 Å². The lowest BCUT2D eigenvalue weighted by Gasteiger charge is -2.28. The third-order valence-corrected chi connectivity index (χ3v) is 6.22. The standard InChI is InChI=1S/C23H25ClN4OS/c1-15-14-19(16(2)27(15)12-13-29-3)22-21(20-6-4-5-11-25-20)26-23(30)28(22)18-9-7-17(24)8-10-18/h4-11,14,21-22H,12-13H2,1-3H3,(H,26,30)/t21-,22-/m0/s1. The molecule has 1 N–H and O–H groups in total. The van der Waals surface area contributed by atoms with Gasteiger partial charge in [0.25, 0.3) is 0 Å². The van der Waals surface area contributed by atoms with Gasteiger partial charge in [0.15, 0.2) is 5.11 Å². The van der Waals surface area contributed by atoms with Crippen molar-refractivity contribution >= 4 is 34.6 Å². The largest absolute Gasteiger partial charge is 0.383 e. The number of nitrogens with zero attached hydrogens (tertiary/aromatic N) is 3. The molecular formula is C23H25ClN4OS. The van der Waals surface area contributed by atoms with Gasteiger partial charge in [-0.3, -0.25) is 4.98 Å². The molecule has 3 aromatic rings. The zero-order valence-electron chi connectivity index (χ0n) is 17.3. The van der Waals surface area contributed by atoms with Crippen LogP contribution < -0.4 is 10.2 Å². The van der Waals surface area contributed by atoms with E-state index in [1.807, 2.05) is 48.7 Å². The Labute approximate surface area is 187 Å². The first-order valence-electron chi connectivity index (χ1n) is 9.93. The molecule has 7 heteroatoms. The van der Waals surface area contributed by atoms with E-state index in [9.17, 15) is 0 Å². The summed E-state index contributed by atoms with van der Waals surface area (Å²) in [7, 11) is 1.73. The number of aryl methyl sites for hydroxylation is 1. The average molecular weight is 441 g/mol. The van der Waals surface area contributed by atoms with Gasteiger partial charge in [-0.2, -0.15) is 0 Å². The molecule has 1 fully saturated rings. The fraction of sp³-hybridized carbons (Fsp3) is 0.304. The molecule has 4 rings (SSSR count). The van der Waals surface area contributed by atoms with Crippen molar-refractivity contribution in [2.75, 3.05) is 18.6 Å². The number of nitrogens with one attached hydrogen (secondary N) is 1. The van der Waals surface area contributed by atoms with E-state index in [0.717, 1.165) is 17.9 Å². The van der Waals surface area contributed by atoms with Crippen molar-refractivity contribution in [1.82, 2.24) is 14.9 Å². The molecule has 1 aliphatic heterocycles. The maximum atomic E-state index is 6.14. The molecule has 0 spiro atoms. The second-order valence-electron chi connectivity index (χ2n) is 7.44. The fourth-order valence-corrected chi connectivity index (χ4v) is 4.68. The Hall–Kier alpha value is -2.41. The van der Waals surface area contributed by atoms with Gasteiger partial charge < -0.3 is 19.5 Å². The minimum Gasteiger partial charge on any atom is -0.383 e. The molecular weight excluding hydrogens is 416 g/mol. The highest BCUT2D eigenvalue weighted by Gasteiger charge is 2.42. The molecule has 2 aromatic heterocycles. The Morgan fingerprint density at radius 3 is 2.60 bits per heavy atom. The van der Waals surface area contributed by atoms with Crippen molar-refractivity contribution in [1.29, 1.82) is 0 Å². The van der Waals surface area contributed by atoms with E-state index in [1.54, 1.807) is 7.11 Å². The maximum absolute atomic E-state index is 6.14. The average Bonchev–Trinajstić information content (AvgIpc) is 3.23. The van der Waals surface area contributed by atoms with Crippen LogP contribution in [0.25, 0.3) is 0 Å². The summed E-state index contributed by atoms with van der Waals surface area (Å²) in [6, 6.07) is 16.0. The van der Waals surface area contributed by atoms with Gasteiger partial charge >= 0.3 is 0 Å². The summed E-state index contributed by atoms with van der Waals surface area (Å²) in [5.74, 6) is 0. The molecule has 0 aliphatic carbocycles. The van der Waals surface area contributed by atoms with Crippen molar-refractivity contribution in [2.45, 2.75) is 32.5 Å². The van der Waals surface area contributed by atoms with Gasteiger partial charge in [0.1, 0.15) is 0 Å². The van der Waals surface area contributed by atoms with Crippen LogP contribution in [0.3, 0.4) is 0 Å². The van der Waals surface area contributed by atoms with Crippen molar-refractivity contribution in [3.63, 3.8) is 0 Å². The number of benzene rings is 1. The lowest BCUT2D eigenvalue weighted by molar-refractivity contribution is 0.186. The van der Waals surface area contributed by atoms with Gasteiger partial charge in [-0.25, -0.2) is 0 Å². The highest BCUT2D eigenvalue weighted by atomic mass is 35.5. The monoisotopic (exact) mass is 440 g/mol. The first kappa shape index (κ1) is 20.8. The van der Waals surface area contributed by atoms with E-state index >= 15 is 0 Å². The second-order valence-corrected chi connectivity index (χ2v) is 8.27. The van der Waals surface area contributed by atoms with Gasteiger partial charge in [0.05, 0.1) is 24.4 Å². The van der Waals surface area contributed by atoms with Crippen LogP contribution >= 0.6 is 23.8 Å². The number of rotatable bonds is 6. The minimum absolute atomic E-state index is 0.0314. The van der Waals surface area contributed by atoms with E-state index in [4.69, 9.17) is 28.6 Å². The molecule has 0 radical (unpaired) electrons. The Morgan fingerprint density at radius 1 is 1.17 bits per heavy atom. The van der Waals surface area contributed by atoms with E-state index in [-0.39, 0.29) is 12.1 Å². The molecule has 1 saturated heterocycles. The van der Waals surface area contributed by atoms with Gasteiger partial charge in [0, 0.05) is 41.9 Å². The first-order valence-corrected chi connectivity index (χ1v) is 10.7. The topological polar surface area (TPSA) is 42.3 Å². The number of ether oxygens (including phenoxy) is 1. The van der Waals surface area contributed by atoms with Crippen molar-refractivity contribution in [3.8, 4) is 0 Å². The SMILES string of the molecule is COCCn1c(C)cc([C@H]2[C@H](c3ccccn3)NC(=S)N2c2ccc(Cl)cc2)c1C. The summed E-state index contributed by atoms with van der Waals surface area (Å²) in [4.78, 5) is 6.80. The first-order chi connectivity index (χ1) is 14.5. The number of pyridine rings is 1. The Bertz CT molecular complexity index is 1040. The van der Waals surface area contributed by atoms with Crippen LogP contribution in [-0.2, 0) is 11.3 Å². The van der Waals surface area contributed by atoms with Crippen molar-refractivity contribution in [3.05, 3.63) is 82.4 Å². The number of anilines is 1. The highest BCUT2D eigenvalue weighted by molar-refractivity contribution is 7.80.